The van der Waals surface area contributed by atoms with Crippen molar-refractivity contribution in [3.05, 3.63) is 58.1 Å². The third-order valence-corrected chi connectivity index (χ3v) is 3.96. The molecule has 2 aromatic rings. The van der Waals surface area contributed by atoms with Crippen molar-refractivity contribution in [1.82, 2.24) is 0 Å². The van der Waals surface area contributed by atoms with E-state index < -0.39 is 6.10 Å². The van der Waals surface area contributed by atoms with E-state index in [2.05, 4.69) is 5.32 Å². The van der Waals surface area contributed by atoms with Crippen LogP contribution in [0.25, 0.3) is 0 Å². The molecule has 0 aliphatic carbocycles. The molecule has 1 aliphatic heterocycles. The van der Waals surface area contributed by atoms with E-state index in [9.17, 15) is 4.79 Å². The number of anilines is 1. The number of ether oxygens (including phenoxy) is 1. The zero-order valence-electron chi connectivity index (χ0n) is 10.4. The van der Waals surface area contributed by atoms with Crippen molar-refractivity contribution in [2.45, 2.75) is 6.10 Å². The minimum atomic E-state index is -0.610. The zero-order valence-corrected chi connectivity index (χ0v) is 11.9. The van der Waals surface area contributed by atoms with Gasteiger partial charge in [0.2, 0.25) is 5.78 Å². The van der Waals surface area contributed by atoms with Crippen LogP contribution in [-0.2, 0) is 0 Å². The van der Waals surface area contributed by atoms with Crippen LogP contribution in [0, 0.1) is 0 Å². The van der Waals surface area contributed by atoms with Gasteiger partial charge in [0, 0.05) is 5.56 Å². The van der Waals surface area contributed by atoms with Gasteiger partial charge in [0.05, 0.1) is 22.3 Å². The van der Waals surface area contributed by atoms with Crippen LogP contribution in [-0.4, -0.2) is 18.4 Å². The number of nitrogens with one attached hydrogen (secondary N) is 1. The molecular formula is C15H11Cl2NO2. The Kier molecular flexibility index (Phi) is 3.55. The molecule has 0 radical (unpaired) electrons. The van der Waals surface area contributed by atoms with E-state index in [4.69, 9.17) is 27.9 Å². The summed E-state index contributed by atoms with van der Waals surface area (Å²) in [5, 5.41) is 3.80. The summed E-state index contributed by atoms with van der Waals surface area (Å²) >= 11 is 12.0. The van der Waals surface area contributed by atoms with E-state index in [1.54, 1.807) is 18.2 Å². The Labute approximate surface area is 126 Å². The van der Waals surface area contributed by atoms with Crippen LogP contribution in [0.4, 0.5) is 5.69 Å². The van der Waals surface area contributed by atoms with Gasteiger partial charge in [-0.15, -0.1) is 0 Å². The van der Waals surface area contributed by atoms with Crippen LogP contribution in [0.15, 0.2) is 42.5 Å². The predicted octanol–water partition coefficient (Wildman–Crippen LogP) is 4.05. The van der Waals surface area contributed by atoms with Gasteiger partial charge >= 0.3 is 0 Å². The monoisotopic (exact) mass is 307 g/mol. The average Bonchev–Trinajstić information content (AvgIpc) is 2.49. The molecule has 0 aromatic heterocycles. The first kappa shape index (κ1) is 13.3. The highest BCUT2D eigenvalue weighted by molar-refractivity contribution is 6.44. The maximum Gasteiger partial charge on any atom is 0.206 e. The number of fused-ring (bicyclic) bond motifs is 1. The first-order chi connectivity index (χ1) is 9.66. The van der Waals surface area contributed by atoms with Crippen LogP contribution in [0.1, 0.15) is 10.4 Å². The third-order valence-electron chi connectivity index (χ3n) is 3.14. The molecule has 1 atom stereocenters. The Hall–Kier alpha value is -1.71. The molecule has 0 amide bonds. The first-order valence-electron chi connectivity index (χ1n) is 6.14. The predicted molar refractivity (Wildman–Crippen MR) is 80.1 cm³/mol. The molecule has 0 spiro atoms. The van der Waals surface area contributed by atoms with Gasteiger partial charge in [-0.05, 0) is 24.3 Å². The van der Waals surface area contributed by atoms with Crippen LogP contribution < -0.4 is 10.1 Å². The Morgan fingerprint density at radius 3 is 2.80 bits per heavy atom. The molecule has 5 heteroatoms. The highest BCUT2D eigenvalue weighted by Gasteiger charge is 2.28. The zero-order chi connectivity index (χ0) is 14.1. The number of Topliss-reactive ketones (excluding diaryl/α,β-unsaturated/α-hetero) is 1. The van der Waals surface area contributed by atoms with Gasteiger partial charge in [-0.1, -0.05) is 41.4 Å². The van der Waals surface area contributed by atoms with Crippen LogP contribution >= 0.6 is 23.2 Å². The molecule has 1 N–H and O–H groups in total. The van der Waals surface area contributed by atoms with Gasteiger partial charge in [0.25, 0.3) is 0 Å². The lowest BCUT2D eigenvalue weighted by Gasteiger charge is -2.26. The molecule has 1 heterocycles. The largest absolute Gasteiger partial charge is 0.478 e. The fraction of sp³-hybridized carbons (Fsp3) is 0.133. The van der Waals surface area contributed by atoms with Gasteiger partial charge in [-0.25, -0.2) is 0 Å². The SMILES string of the molecule is O=C(c1cccc(Cl)c1Cl)C1CNc2ccccc2O1. The second-order valence-corrected chi connectivity index (χ2v) is 5.23. The van der Waals surface area contributed by atoms with Crippen LogP contribution in [0.5, 0.6) is 5.75 Å². The summed E-state index contributed by atoms with van der Waals surface area (Å²) in [6.07, 6.45) is -0.610. The highest BCUT2D eigenvalue weighted by atomic mass is 35.5. The van der Waals surface area contributed by atoms with E-state index in [-0.39, 0.29) is 10.8 Å². The molecule has 0 saturated heterocycles. The summed E-state index contributed by atoms with van der Waals surface area (Å²) in [5.74, 6) is 0.481. The van der Waals surface area contributed by atoms with Crippen molar-refractivity contribution in [3.63, 3.8) is 0 Å². The Morgan fingerprint density at radius 2 is 1.95 bits per heavy atom. The number of para-hydroxylation sites is 2. The van der Waals surface area contributed by atoms with Crippen LogP contribution in [0.3, 0.4) is 0 Å². The fourth-order valence-corrected chi connectivity index (χ4v) is 2.52. The number of halogens is 2. The van der Waals surface area contributed by atoms with Crippen molar-refractivity contribution in [2.75, 3.05) is 11.9 Å². The van der Waals surface area contributed by atoms with Gasteiger partial charge in [0.1, 0.15) is 5.75 Å². The molecule has 3 nitrogen and oxygen atoms in total. The molecule has 2 aromatic carbocycles. The minimum absolute atomic E-state index is 0.181. The number of hydrogen-bond acceptors (Lipinski definition) is 3. The van der Waals surface area contributed by atoms with Crippen molar-refractivity contribution in [2.24, 2.45) is 0 Å². The van der Waals surface area contributed by atoms with Gasteiger partial charge in [-0.2, -0.15) is 0 Å². The van der Waals surface area contributed by atoms with Gasteiger partial charge in [-0.3, -0.25) is 4.79 Å². The number of rotatable bonds is 2. The molecule has 0 bridgehead atoms. The summed E-state index contributed by atoms with van der Waals surface area (Å²) in [6, 6.07) is 12.5. The summed E-state index contributed by atoms with van der Waals surface area (Å²) in [4.78, 5) is 12.5. The number of carbonyl (C=O) groups excluding carboxylic acids is 1. The molecule has 0 fully saturated rings. The number of carbonyl (C=O) groups is 1. The van der Waals surface area contributed by atoms with Gasteiger partial charge in [0.15, 0.2) is 6.10 Å². The maximum absolute atomic E-state index is 12.5. The van der Waals surface area contributed by atoms with E-state index in [1.165, 1.54) is 0 Å². The smallest absolute Gasteiger partial charge is 0.206 e. The summed E-state index contributed by atoms with van der Waals surface area (Å²) in [6.45, 7) is 0.401. The second-order valence-electron chi connectivity index (χ2n) is 4.45. The lowest BCUT2D eigenvalue weighted by Crippen LogP contribution is -2.37. The van der Waals surface area contributed by atoms with Crippen molar-refractivity contribution < 1.29 is 9.53 Å². The molecule has 0 saturated carbocycles. The van der Waals surface area contributed by atoms with Crippen molar-refractivity contribution in [1.29, 1.82) is 0 Å². The van der Waals surface area contributed by atoms with E-state index in [1.807, 2.05) is 24.3 Å². The number of hydrogen-bond donors (Lipinski definition) is 1. The maximum atomic E-state index is 12.5. The second kappa shape index (κ2) is 5.35. The fourth-order valence-electron chi connectivity index (χ4n) is 2.13. The minimum Gasteiger partial charge on any atom is -0.478 e. The molecule has 1 unspecified atom stereocenters. The van der Waals surface area contributed by atoms with Gasteiger partial charge < -0.3 is 10.1 Å². The molecule has 20 heavy (non-hydrogen) atoms. The summed E-state index contributed by atoms with van der Waals surface area (Å²) < 4.78 is 5.73. The molecule has 1 aliphatic rings. The molecular weight excluding hydrogens is 297 g/mol. The Bertz CT molecular complexity index is 673. The first-order valence-corrected chi connectivity index (χ1v) is 6.90. The quantitative estimate of drug-likeness (QED) is 0.851. The Morgan fingerprint density at radius 1 is 1.15 bits per heavy atom. The lowest BCUT2D eigenvalue weighted by molar-refractivity contribution is 0.0802. The van der Waals surface area contributed by atoms with E-state index in [0.717, 1.165) is 5.69 Å². The standard InChI is InChI=1S/C15H11Cl2NO2/c16-10-5-3-4-9(14(10)17)15(19)13-8-18-11-6-1-2-7-12(11)20-13/h1-7,13,18H,8H2. The lowest BCUT2D eigenvalue weighted by atomic mass is 10.0. The molecule has 102 valence electrons. The number of benzene rings is 2. The topological polar surface area (TPSA) is 38.3 Å². The van der Waals surface area contributed by atoms with Crippen molar-refractivity contribution in [3.8, 4) is 5.75 Å². The Balaban J connectivity index is 1.88. The summed E-state index contributed by atoms with van der Waals surface area (Å²) in [7, 11) is 0. The molecule has 3 rings (SSSR count). The van der Waals surface area contributed by atoms with E-state index >= 15 is 0 Å². The van der Waals surface area contributed by atoms with Crippen LogP contribution in [0.2, 0.25) is 10.0 Å². The van der Waals surface area contributed by atoms with E-state index in [0.29, 0.717) is 22.9 Å². The highest BCUT2D eigenvalue weighted by Crippen LogP contribution is 2.31. The van der Waals surface area contributed by atoms with Crippen molar-refractivity contribution >= 4 is 34.7 Å². The number of ketones is 1. The normalized spacial score (nSPS) is 16.8. The average molecular weight is 308 g/mol. The third kappa shape index (κ3) is 2.35. The summed E-state index contributed by atoms with van der Waals surface area (Å²) in [5.41, 5.74) is 1.26.